The molecule has 0 N–H and O–H groups in total. The van der Waals surface area contributed by atoms with E-state index in [1.54, 1.807) is 0 Å². The Morgan fingerprint density at radius 1 is 1.09 bits per heavy atom. The van der Waals surface area contributed by atoms with Crippen LogP contribution < -0.4 is 10.5 Å². The zero-order valence-electron chi connectivity index (χ0n) is 29.4. The number of carbonyl (C=O) groups is 1. The third-order valence-electron chi connectivity index (χ3n) is 10.3. The van der Waals surface area contributed by atoms with Crippen molar-refractivity contribution < 1.29 is 18.3 Å². The Labute approximate surface area is 276 Å². The number of nitriles is 1. The highest BCUT2D eigenvalue weighted by Crippen LogP contribution is 2.52. The van der Waals surface area contributed by atoms with Gasteiger partial charge in [0.15, 0.2) is 0 Å². The van der Waals surface area contributed by atoms with Gasteiger partial charge in [0.25, 0.3) is 8.53 Å². The van der Waals surface area contributed by atoms with E-state index in [1.165, 1.54) is 11.3 Å². The Morgan fingerprint density at radius 3 is 2.33 bits per heavy atom. The van der Waals surface area contributed by atoms with E-state index in [0.29, 0.717) is 50.1 Å². The summed E-state index contributed by atoms with van der Waals surface area (Å²) >= 11 is 0. The van der Waals surface area contributed by atoms with Crippen molar-refractivity contribution in [3.8, 4) is 6.07 Å². The normalized spacial score (nSPS) is 20.0. The van der Waals surface area contributed by atoms with E-state index in [-0.39, 0.29) is 41.3 Å². The van der Waals surface area contributed by atoms with Crippen LogP contribution in [0.1, 0.15) is 110 Å². The van der Waals surface area contributed by atoms with Crippen LogP contribution in [0, 0.1) is 18.3 Å². The zero-order valence-corrected chi connectivity index (χ0v) is 30.3. The fourth-order valence-corrected chi connectivity index (χ4v) is 9.28. The third kappa shape index (κ3) is 6.74. The number of hydrogen-bond donors (Lipinski definition) is 0. The molecule has 1 saturated heterocycles. The van der Waals surface area contributed by atoms with Crippen molar-refractivity contribution in [2.24, 2.45) is 0 Å². The Hall–Kier alpha value is -2.50. The van der Waals surface area contributed by atoms with Gasteiger partial charge in [-0.2, -0.15) is 5.26 Å². The van der Waals surface area contributed by atoms with E-state index >= 15 is 0 Å². The van der Waals surface area contributed by atoms with Gasteiger partial charge in [0.1, 0.15) is 5.58 Å². The van der Waals surface area contributed by atoms with Crippen LogP contribution in [0.2, 0.25) is 0 Å². The van der Waals surface area contributed by atoms with Crippen LogP contribution in [0.15, 0.2) is 15.3 Å². The SMILES string of the molecule is Cc1c(CC(=O)N2CCC(OP(OCCC#N)N(C(C)C)C(C)C)CC2)c(=O)oc2c3c4c(cc12)C(C)(C)CCN4CCC3(C)C. The molecule has 46 heavy (non-hydrogen) atoms. The van der Waals surface area contributed by atoms with Gasteiger partial charge in [-0.1, -0.05) is 27.7 Å². The van der Waals surface area contributed by atoms with E-state index in [1.807, 2.05) is 11.8 Å². The van der Waals surface area contributed by atoms with Crippen LogP contribution >= 0.6 is 8.53 Å². The maximum Gasteiger partial charge on any atom is 0.340 e. The molecule has 0 spiro atoms. The summed E-state index contributed by atoms with van der Waals surface area (Å²) in [5.74, 6) is -0.0575. The number of benzene rings is 1. The number of rotatable bonds is 10. The van der Waals surface area contributed by atoms with Crippen LogP contribution in [0.25, 0.3) is 11.0 Å². The Bertz CT molecular complexity index is 1540. The molecule has 5 rings (SSSR count). The quantitative estimate of drug-likeness (QED) is 0.152. The topological polar surface area (TPSA) is 99.2 Å². The predicted octanol–water partition coefficient (Wildman–Crippen LogP) is 7.10. The molecule has 1 amide bonds. The summed E-state index contributed by atoms with van der Waals surface area (Å²) in [6.07, 6.45) is 3.77. The number of hydrogen-bond acceptors (Lipinski definition) is 8. The minimum absolute atomic E-state index is 0.00956. The summed E-state index contributed by atoms with van der Waals surface area (Å²) in [7, 11) is -1.33. The first-order valence-electron chi connectivity index (χ1n) is 17.1. The number of likely N-dealkylation sites (tertiary alicyclic amines) is 1. The summed E-state index contributed by atoms with van der Waals surface area (Å²) in [5, 5.41) is 9.97. The first-order chi connectivity index (χ1) is 21.7. The van der Waals surface area contributed by atoms with Gasteiger partial charge in [0.05, 0.1) is 37.2 Å². The van der Waals surface area contributed by atoms with Crippen molar-refractivity contribution >= 4 is 31.1 Å². The molecule has 1 aromatic heterocycles. The van der Waals surface area contributed by atoms with Gasteiger partial charge in [-0.05, 0) is 88.3 Å². The lowest BCUT2D eigenvalue weighted by molar-refractivity contribution is -0.132. The first kappa shape index (κ1) is 34.8. The zero-order chi connectivity index (χ0) is 33.6. The molecule has 0 aliphatic carbocycles. The van der Waals surface area contributed by atoms with Crippen LogP contribution in [-0.2, 0) is 31.1 Å². The second-order valence-corrected chi connectivity index (χ2v) is 16.6. The van der Waals surface area contributed by atoms with E-state index in [4.69, 9.17) is 18.7 Å². The molecular weight excluding hydrogens is 599 g/mol. The molecule has 3 aliphatic heterocycles. The van der Waals surface area contributed by atoms with Gasteiger partial charge < -0.3 is 23.3 Å². The predicted molar refractivity (Wildman–Crippen MR) is 184 cm³/mol. The average Bonchev–Trinajstić information content (AvgIpc) is 2.98. The third-order valence-corrected chi connectivity index (χ3v) is 12.5. The second-order valence-electron chi connectivity index (χ2n) is 15.2. The van der Waals surface area contributed by atoms with E-state index < -0.39 is 14.2 Å². The van der Waals surface area contributed by atoms with Crippen LogP contribution in [-0.4, -0.2) is 66.5 Å². The van der Waals surface area contributed by atoms with Crippen molar-refractivity contribution in [3.05, 3.63) is 38.7 Å². The Morgan fingerprint density at radius 2 is 1.72 bits per heavy atom. The highest BCUT2D eigenvalue weighted by molar-refractivity contribution is 7.44. The van der Waals surface area contributed by atoms with Gasteiger partial charge >= 0.3 is 5.63 Å². The molecule has 1 aromatic carbocycles. The number of fused-ring (bicyclic) bond motifs is 2. The standard InChI is InChI=1S/C36H53N4O5P/c1-23(2)40(24(3)4)46(43-20-10-15-37)45-26-11-16-38(17-12-26)30(41)22-28-25(5)27-21-29-32-31(33(27)44-34(28)42)36(8,9)14-19-39(32)18-13-35(29,6)7/h21,23-24,26H,10-14,16-20,22H2,1-9H3. The largest absolute Gasteiger partial charge is 0.422 e. The Kier molecular flexibility index (Phi) is 10.3. The molecule has 252 valence electrons. The lowest BCUT2D eigenvalue weighted by Gasteiger charge is -2.48. The van der Waals surface area contributed by atoms with Crippen LogP contribution in [0.3, 0.4) is 0 Å². The van der Waals surface area contributed by atoms with Crippen LogP contribution in [0.5, 0.6) is 0 Å². The smallest absolute Gasteiger partial charge is 0.340 e. The van der Waals surface area contributed by atoms with Gasteiger partial charge in [0.2, 0.25) is 5.91 Å². The maximum atomic E-state index is 13.7. The highest BCUT2D eigenvalue weighted by atomic mass is 31.2. The lowest BCUT2D eigenvalue weighted by atomic mass is 9.69. The van der Waals surface area contributed by atoms with Crippen molar-refractivity contribution in [2.75, 3.05) is 37.7 Å². The number of nitrogens with zero attached hydrogens (tertiary/aromatic N) is 4. The van der Waals surface area contributed by atoms with Crippen LogP contribution in [0.4, 0.5) is 5.69 Å². The summed E-state index contributed by atoms with van der Waals surface area (Å²) in [6.45, 7) is 23.1. The van der Waals surface area contributed by atoms with E-state index in [2.05, 4.69) is 77.1 Å². The molecule has 0 saturated carbocycles. The molecule has 9 nitrogen and oxygen atoms in total. The number of amides is 1. The maximum absolute atomic E-state index is 13.7. The lowest BCUT2D eigenvalue weighted by Crippen LogP contribution is -2.45. The highest BCUT2D eigenvalue weighted by Gasteiger charge is 2.42. The van der Waals surface area contributed by atoms with Gasteiger partial charge in [-0.25, -0.2) is 9.46 Å². The molecular formula is C36H53N4O5P. The van der Waals surface area contributed by atoms with Gasteiger partial charge in [-0.3, -0.25) is 4.79 Å². The van der Waals surface area contributed by atoms with E-state index in [0.717, 1.165) is 42.4 Å². The summed E-state index contributed by atoms with van der Waals surface area (Å²) in [5.41, 5.74) is 5.19. The van der Waals surface area contributed by atoms with Crippen molar-refractivity contribution in [1.29, 1.82) is 5.26 Å². The molecule has 2 aromatic rings. The first-order valence-corrected chi connectivity index (χ1v) is 18.2. The number of aryl methyl sites for hydroxylation is 1. The monoisotopic (exact) mass is 652 g/mol. The molecule has 0 bridgehead atoms. The van der Waals surface area contributed by atoms with Crippen molar-refractivity contribution in [2.45, 2.75) is 130 Å². The molecule has 0 radical (unpaired) electrons. The van der Waals surface area contributed by atoms with Crippen molar-refractivity contribution in [1.82, 2.24) is 9.57 Å². The van der Waals surface area contributed by atoms with E-state index in [9.17, 15) is 9.59 Å². The Balaban J connectivity index is 1.35. The second kappa shape index (κ2) is 13.5. The summed E-state index contributed by atoms with van der Waals surface area (Å²) in [4.78, 5) is 31.6. The van der Waals surface area contributed by atoms with Crippen molar-refractivity contribution in [3.63, 3.8) is 0 Å². The fraction of sp³-hybridized carbons (Fsp3) is 0.694. The molecule has 1 unspecified atom stereocenters. The minimum atomic E-state index is -1.33. The summed E-state index contributed by atoms with van der Waals surface area (Å²) in [6, 6.07) is 4.85. The molecule has 10 heteroatoms. The number of anilines is 1. The van der Waals surface area contributed by atoms with Gasteiger partial charge in [0, 0.05) is 54.9 Å². The minimum Gasteiger partial charge on any atom is -0.422 e. The number of carbonyl (C=O) groups excluding carboxylic acids is 1. The molecule has 1 fully saturated rings. The average molecular weight is 653 g/mol. The molecule has 4 heterocycles. The molecule has 1 atom stereocenters. The summed E-state index contributed by atoms with van der Waals surface area (Å²) < 4.78 is 21.0. The fourth-order valence-electron chi connectivity index (χ4n) is 7.51. The number of piperidine rings is 1. The molecule has 3 aliphatic rings. The van der Waals surface area contributed by atoms with Gasteiger partial charge in [-0.15, -0.1) is 0 Å².